The van der Waals surface area contributed by atoms with Crippen LogP contribution in [0.1, 0.15) is 25.2 Å². The van der Waals surface area contributed by atoms with Crippen LogP contribution in [0.4, 0.5) is 5.95 Å². The lowest BCUT2D eigenvalue weighted by Gasteiger charge is -2.20. The molecule has 0 saturated heterocycles. The average molecular weight is 451 g/mol. The van der Waals surface area contributed by atoms with Gasteiger partial charge in [-0.3, -0.25) is 9.67 Å². The fourth-order valence-corrected chi connectivity index (χ4v) is 3.13. The van der Waals surface area contributed by atoms with Crippen LogP contribution < -0.4 is 5.73 Å². The number of nitrogens with two attached hydrogens (primary N) is 1. The van der Waals surface area contributed by atoms with Gasteiger partial charge in [-0.05, 0) is 25.5 Å². The Hall–Kier alpha value is -3.70. The second-order valence-corrected chi connectivity index (χ2v) is 7.91. The molecule has 11 nitrogen and oxygen atoms in total. The van der Waals surface area contributed by atoms with Gasteiger partial charge in [0.15, 0.2) is 5.82 Å². The number of nitrogens with zero attached hydrogens (tertiary/aromatic N) is 7. The Bertz CT molecular complexity index is 1170. The van der Waals surface area contributed by atoms with Crippen LogP contribution in [0.5, 0.6) is 0 Å². The lowest BCUT2D eigenvalue weighted by Crippen LogP contribution is -2.21. The molecule has 0 atom stereocenters. The first kappa shape index (κ1) is 22.5. The van der Waals surface area contributed by atoms with E-state index in [2.05, 4.69) is 30.2 Å². The SMILES string of the molecule is COCCOCCn1cc(-c2nc(C(C)(C)c3ccc(-c4cnc(N)nc4)nc3)no2)cn1. The molecule has 0 saturated carbocycles. The zero-order chi connectivity index (χ0) is 23.3. The van der Waals surface area contributed by atoms with Crippen LogP contribution in [0.3, 0.4) is 0 Å². The number of pyridine rings is 1. The van der Waals surface area contributed by atoms with Crippen LogP contribution in [0.25, 0.3) is 22.7 Å². The maximum Gasteiger partial charge on any atom is 0.261 e. The fourth-order valence-electron chi connectivity index (χ4n) is 3.13. The monoisotopic (exact) mass is 450 g/mol. The molecule has 11 heteroatoms. The van der Waals surface area contributed by atoms with E-state index in [0.717, 1.165) is 22.4 Å². The van der Waals surface area contributed by atoms with Crippen LogP contribution in [-0.2, 0) is 21.4 Å². The van der Waals surface area contributed by atoms with Gasteiger partial charge in [0.05, 0.1) is 49.2 Å². The topological polar surface area (TPSA) is 140 Å². The lowest BCUT2D eigenvalue weighted by atomic mass is 9.85. The summed E-state index contributed by atoms with van der Waals surface area (Å²) in [5.41, 5.74) is 8.27. The molecule has 0 aromatic carbocycles. The lowest BCUT2D eigenvalue weighted by molar-refractivity contribution is 0.0654. The molecule has 0 aliphatic heterocycles. The number of hydrogen-bond donors (Lipinski definition) is 1. The van der Waals surface area contributed by atoms with E-state index in [1.54, 1.807) is 36.6 Å². The minimum Gasteiger partial charge on any atom is -0.382 e. The average Bonchev–Trinajstić information content (AvgIpc) is 3.50. The number of ether oxygens (including phenoxy) is 2. The minimum absolute atomic E-state index is 0.227. The van der Waals surface area contributed by atoms with Gasteiger partial charge in [0, 0.05) is 37.5 Å². The highest BCUT2D eigenvalue weighted by Gasteiger charge is 2.30. The molecule has 0 amide bonds. The molecule has 0 aliphatic carbocycles. The standard InChI is InChI=1S/C22H26N8O3/c1-22(2,17-4-5-18(24-13-17)15-10-25-21(23)26-11-15)20-28-19(33-29-20)16-12-27-30(14-16)6-7-32-9-8-31-3/h4-5,10-14H,6-9H2,1-3H3,(H2,23,25,26). The van der Waals surface area contributed by atoms with E-state index in [-0.39, 0.29) is 5.95 Å². The van der Waals surface area contributed by atoms with Crippen molar-refractivity contribution in [1.82, 2.24) is 34.9 Å². The molecule has 0 spiro atoms. The van der Waals surface area contributed by atoms with Gasteiger partial charge in [-0.25, -0.2) is 9.97 Å². The summed E-state index contributed by atoms with van der Waals surface area (Å²) < 4.78 is 17.7. The van der Waals surface area contributed by atoms with E-state index in [0.29, 0.717) is 38.1 Å². The van der Waals surface area contributed by atoms with Crippen molar-refractivity contribution in [2.75, 3.05) is 32.7 Å². The highest BCUT2D eigenvalue weighted by atomic mass is 16.5. The molecular weight excluding hydrogens is 424 g/mol. The van der Waals surface area contributed by atoms with Gasteiger partial charge < -0.3 is 19.7 Å². The van der Waals surface area contributed by atoms with Crippen LogP contribution in [0.2, 0.25) is 0 Å². The molecule has 4 aromatic rings. The Morgan fingerprint density at radius 1 is 1.00 bits per heavy atom. The summed E-state index contributed by atoms with van der Waals surface area (Å²) in [5.74, 6) is 1.19. The number of aromatic nitrogens is 7. The fraction of sp³-hybridized carbons (Fsp3) is 0.364. The first-order chi connectivity index (χ1) is 16.0. The highest BCUT2D eigenvalue weighted by molar-refractivity contribution is 5.57. The van der Waals surface area contributed by atoms with Gasteiger partial charge in [-0.1, -0.05) is 11.2 Å². The molecule has 4 aromatic heterocycles. The predicted molar refractivity (Wildman–Crippen MR) is 120 cm³/mol. The van der Waals surface area contributed by atoms with E-state index >= 15 is 0 Å². The zero-order valence-corrected chi connectivity index (χ0v) is 18.8. The second-order valence-electron chi connectivity index (χ2n) is 7.91. The van der Waals surface area contributed by atoms with Crippen LogP contribution >= 0.6 is 0 Å². The van der Waals surface area contributed by atoms with Crippen LogP contribution in [-0.4, -0.2) is 61.8 Å². The smallest absolute Gasteiger partial charge is 0.261 e. The Kier molecular flexibility index (Phi) is 6.71. The maximum atomic E-state index is 5.55. The van der Waals surface area contributed by atoms with E-state index in [4.69, 9.17) is 19.7 Å². The number of methoxy groups -OCH3 is 1. The summed E-state index contributed by atoms with van der Waals surface area (Å²) in [6.45, 7) is 6.32. The van der Waals surface area contributed by atoms with Gasteiger partial charge in [0.1, 0.15) is 0 Å². The molecule has 4 heterocycles. The van der Waals surface area contributed by atoms with Crippen molar-refractivity contribution >= 4 is 5.95 Å². The maximum absolute atomic E-state index is 5.55. The van der Waals surface area contributed by atoms with Crippen molar-refractivity contribution in [2.45, 2.75) is 25.8 Å². The van der Waals surface area contributed by atoms with Crippen molar-refractivity contribution in [3.63, 3.8) is 0 Å². The number of rotatable bonds is 10. The van der Waals surface area contributed by atoms with E-state index in [1.807, 2.05) is 32.2 Å². The van der Waals surface area contributed by atoms with Crippen LogP contribution in [0.15, 0.2) is 47.6 Å². The predicted octanol–water partition coefficient (Wildman–Crippen LogP) is 2.36. The molecule has 0 unspecified atom stereocenters. The Morgan fingerprint density at radius 2 is 1.82 bits per heavy atom. The van der Waals surface area contributed by atoms with Crippen molar-refractivity contribution in [2.24, 2.45) is 0 Å². The molecule has 4 rings (SSSR count). The molecule has 172 valence electrons. The molecule has 33 heavy (non-hydrogen) atoms. The van der Waals surface area contributed by atoms with Gasteiger partial charge in [0.2, 0.25) is 5.95 Å². The third-order valence-corrected chi connectivity index (χ3v) is 5.21. The molecule has 0 aliphatic rings. The first-order valence-electron chi connectivity index (χ1n) is 10.5. The second kappa shape index (κ2) is 9.84. The van der Waals surface area contributed by atoms with Crippen molar-refractivity contribution < 1.29 is 14.0 Å². The van der Waals surface area contributed by atoms with E-state index in [1.165, 1.54) is 0 Å². The summed E-state index contributed by atoms with van der Waals surface area (Å²) >= 11 is 0. The Balaban J connectivity index is 1.44. The largest absolute Gasteiger partial charge is 0.382 e. The number of anilines is 1. The van der Waals surface area contributed by atoms with Gasteiger partial charge >= 0.3 is 0 Å². The van der Waals surface area contributed by atoms with Crippen LogP contribution in [0, 0.1) is 0 Å². The summed E-state index contributed by atoms with van der Waals surface area (Å²) in [4.78, 5) is 17.2. The molecule has 0 radical (unpaired) electrons. The molecular formula is C22H26N8O3. The molecule has 0 bridgehead atoms. The molecule has 0 fully saturated rings. The third-order valence-electron chi connectivity index (χ3n) is 5.21. The number of nitrogen functional groups attached to an aromatic ring is 1. The quantitative estimate of drug-likeness (QED) is 0.358. The van der Waals surface area contributed by atoms with Crippen molar-refractivity contribution in [3.05, 3.63) is 54.5 Å². The Morgan fingerprint density at radius 3 is 2.55 bits per heavy atom. The summed E-state index contributed by atoms with van der Waals surface area (Å²) in [5, 5.41) is 8.55. The minimum atomic E-state index is -0.518. The molecule has 2 N–H and O–H groups in total. The highest BCUT2D eigenvalue weighted by Crippen LogP contribution is 2.31. The number of hydrogen-bond acceptors (Lipinski definition) is 10. The zero-order valence-electron chi connectivity index (χ0n) is 18.8. The summed E-state index contributed by atoms with van der Waals surface area (Å²) in [6.07, 6.45) is 8.64. The van der Waals surface area contributed by atoms with Gasteiger partial charge in [-0.2, -0.15) is 10.1 Å². The van der Waals surface area contributed by atoms with Crippen molar-refractivity contribution in [1.29, 1.82) is 0 Å². The van der Waals surface area contributed by atoms with E-state index < -0.39 is 5.41 Å². The van der Waals surface area contributed by atoms with Gasteiger partial charge in [-0.15, -0.1) is 0 Å². The first-order valence-corrected chi connectivity index (χ1v) is 10.5. The van der Waals surface area contributed by atoms with Crippen molar-refractivity contribution in [3.8, 4) is 22.7 Å². The third kappa shape index (κ3) is 5.21. The summed E-state index contributed by atoms with van der Waals surface area (Å²) in [6, 6.07) is 3.89. The van der Waals surface area contributed by atoms with E-state index in [9.17, 15) is 0 Å². The summed E-state index contributed by atoms with van der Waals surface area (Å²) in [7, 11) is 1.64. The Labute approximate surface area is 191 Å². The normalized spacial score (nSPS) is 11.7. The van der Waals surface area contributed by atoms with Gasteiger partial charge in [0.25, 0.3) is 5.89 Å².